The van der Waals surface area contributed by atoms with Crippen LogP contribution in [-0.2, 0) is 32.7 Å². The molecular weight excluding hydrogens is 750 g/mol. The molecule has 0 radical (unpaired) electrons. The first-order chi connectivity index (χ1) is 28.0. The zero-order chi connectivity index (χ0) is 42.8. The molecule has 326 valence electrons. The summed E-state index contributed by atoms with van der Waals surface area (Å²) in [7, 11) is 1.40. The third kappa shape index (κ3) is 42.0. The van der Waals surface area contributed by atoms with E-state index >= 15 is 0 Å². The molecule has 0 aliphatic carbocycles. The average molecular weight is 827 g/mol. The number of quaternary nitrogens is 1. The number of unbranched alkanes of at least 4 members (excludes halogenated alkanes) is 5. The first kappa shape index (κ1) is 54.4. The van der Waals surface area contributed by atoms with Crippen molar-refractivity contribution < 1.29 is 42.1 Å². The summed E-state index contributed by atoms with van der Waals surface area (Å²) in [6.07, 6.45) is 54.0. The maximum absolute atomic E-state index is 12.6. The van der Waals surface area contributed by atoms with Gasteiger partial charge in [0, 0.05) is 12.8 Å². The molecule has 0 saturated carbocycles. The number of ether oxygens (including phenoxy) is 2. The Morgan fingerprint density at radius 2 is 1.02 bits per heavy atom. The van der Waals surface area contributed by atoms with Crippen LogP contribution in [0.5, 0.6) is 0 Å². The highest BCUT2D eigenvalue weighted by molar-refractivity contribution is 7.47. The van der Waals surface area contributed by atoms with Gasteiger partial charge in [-0.05, 0) is 83.5 Å². The van der Waals surface area contributed by atoms with Gasteiger partial charge >= 0.3 is 19.8 Å². The normalized spacial score (nSPS) is 14.8. The lowest BCUT2D eigenvalue weighted by molar-refractivity contribution is -0.870. The van der Waals surface area contributed by atoms with Crippen molar-refractivity contribution in [2.45, 2.75) is 123 Å². The van der Waals surface area contributed by atoms with Gasteiger partial charge in [0.05, 0.1) is 27.7 Å². The highest BCUT2D eigenvalue weighted by Gasteiger charge is 2.27. The molecule has 0 heterocycles. The second kappa shape index (κ2) is 38.9. The predicted octanol–water partition coefficient (Wildman–Crippen LogP) is 12.1. The van der Waals surface area contributed by atoms with Crippen LogP contribution in [0.15, 0.2) is 122 Å². The van der Waals surface area contributed by atoms with Crippen molar-refractivity contribution in [3.63, 3.8) is 0 Å². The first-order valence-corrected chi connectivity index (χ1v) is 22.8. The molecule has 0 saturated heterocycles. The number of nitrogens with zero attached hydrogens (tertiary/aromatic N) is 1. The summed E-state index contributed by atoms with van der Waals surface area (Å²) >= 11 is 0. The maximum Gasteiger partial charge on any atom is 0.472 e. The molecule has 0 amide bonds. The van der Waals surface area contributed by atoms with Gasteiger partial charge in [-0.2, -0.15) is 0 Å². The standard InChI is InChI=1S/C48H76NO8P/c1-6-8-10-12-14-16-18-20-21-22-23-24-25-26-27-29-30-32-34-36-38-40-47(50)54-44-46(45-56-58(52,53)55-43-42-49(3,4)5)57-48(51)41-39-37-35-33-31-28-19-17-15-13-11-9-7-2/h8-11,13-17,19-21,23-24,26-28,30-32,46H,6-7,12,18,22,25,29,33-45H2,1-5H3/p+1/b10-8+,11-9+,15-13+,16-14+,19-17+,21-20+,24-23+,27-26+,31-28+,32-30+. The number of carbonyl (C=O) groups excluding carboxylic acids is 2. The van der Waals surface area contributed by atoms with E-state index in [2.05, 4.69) is 98.9 Å². The van der Waals surface area contributed by atoms with Crippen LogP contribution in [0.25, 0.3) is 0 Å². The smallest absolute Gasteiger partial charge is 0.462 e. The van der Waals surface area contributed by atoms with Gasteiger partial charge in [-0.1, -0.05) is 142 Å². The summed E-state index contributed by atoms with van der Waals surface area (Å²) < 4.78 is 34.1. The number of hydrogen-bond donors (Lipinski definition) is 1. The van der Waals surface area contributed by atoms with Crippen molar-refractivity contribution in [3.8, 4) is 0 Å². The summed E-state index contributed by atoms with van der Waals surface area (Å²) in [5.74, 6) is -0.912. The van der Waals surface area contributed by atoms with Crippen molar-refractivity contribution in [2.75, 3.05) is 47.5 Å². The van der Waals surface area contributed by atoms with E-state index in [1.54, 1.807) is 0 Å². The molecular formula is C48H77NO8P+. The zero-order valence-corrected chi connectivity index (χ0v) is 37.4. The number of allylic oxidation sites excluding steroid dienone is 20. The lowest BCUT2D eigenvalue weighted by atomic mass is 10.1. The maximum atomic E-state index is 12.6. The van der Waals surface area contributed by atoms with E-state index in [9.17, 15) is 19.0 Å². The van der Waals surface area contributed by atoms with Crippen LogP contribution >= 0.6 is 7.82 Å². The van der Waals surface area contributed by atoms with E-state index in [1.807, 2.05) is 57.6 Å². The minimum absolute atomic E-state index is 0.00839. The number of rotatable bonds is 36. The van der Waals surface area contributed by atoms with Crippen molar-refractivity contribution in [3.05, 3.63) is 122 Å². The molecule has 0 bridgehead atoms. The number of phosphoric acid groups is 1. The van der Waals surface area contributed by atoms with Crippen LogP contribution in [0.4, 0.5) is 0 Å². The molecule has 2 unspecified atom stereocenters. The summed E-state index contributed by atoms with van der Waals surface area (Å²) in [5, 5.41) is 0. The van der Waals surface area contributed by atoms with Crippen LogP contribution < -0.4 is 0 Å². The minimum atomic E-state index is -4.40. The van der Waals surface area contributed by atoms with E-state index in [0.717, 1.165) is 77.0 Å². The number of carbonyl (C=O) groups is 2. The van der Waals surface area contributed by atoms with Gasteiger partial charge in [-0.3, -0.25) is 18.6 Å². The van der Waals surface area contributed by atoms with Gasteiger partial charge in [-0.25, -0.2) is 4.57 Å². The van der Waals surface area contributed by atoms with Crippen LogP contribution in [0.2, 0.25) is 0 Å². The number of esters is 2. The quantitative estimate of drug-likeness (QED) is 0.0166. The zero-order valence-electron chi connectivity index (χ0n) is 36.5. The Labute approximate surface area is 352 Å². The van der Waals surface area contributed by atoms with Crippen LogP contribution in [0.1, 0.15) is 117 Å². The van der Waals surface area contributed by atoms with E-state index in [-0.39, 0.29) is 26.1 Å². The molecule has 0 rings (SSSR count). The molecule has 1 N–H and O–H groups in total. The Kier molecular flexibility index (Phi) is 36.5. The van der Waals surface area contributed by atoms with Gasteiger partial charge in [0.1, 0.15) is 19.8 Å². The lowest BCUT2D eigenvalue weighted by Crippen LogP contribution is -2.37. The van der Waals surface area contributed by atoms with E-state index in [1.165, 1.54) is 0 Å². The van der Waals surface area contributed by atoms with Crippen molar-refractivity contribution in [1.82, 2.24) is 0 Å². The lowest BCUT2D eigenvalue weighted by Gasteiger charge is -2.24. The Morgan fingerprint density at radius 3 is 1.59 bits per heavy atom. The molecule has 0 fully saturated rings. The number of hydrogen-bond acceptors (Lipinski definition) is 7. The van der Waals surface area contributed by atoms with Gasteiger partial charge in [0.25, 0.3) is 0 Å². The molecule has 58 heavy (non-hydrogen) atoms. The summed E-state index contributed by atoms with van der Waals surface area (Å²) in [5.41, 5.74) is 0. The van der Waals surface area contributed by atoms with E-state index in [0.29, 0.717) is 23.9 Å². The summed E-state index contributed by atoms with van der Waals surface area (Å²) in [6.45, 7) is 4.02. The fourth-order valence-electron chi connectivity index (χ4n) is 4.79. The molecule has 0 aliphatic rings. The summed E-state index contributed by atoms with van der Waals surface area (Å²) in [4.78, 5) is 35.3. The van der Waals surface area contributed by atoms with Crippen LogP contribution in [0.3, 0.4) is 0 Å². The second-order valence-electron chi connectivity index (χ2n) is 14.7. The van der Waals surface area contributed by atoms with Crippen LogP contribution in [-0.4, -0.2) is 74.9 Å². The molecule has 0 spiro atoms. The Bertz CT molecular complexity index is 1390. The first-order valence-electron chi connectivity index (χ1n) is 21.3. The molecule has 9 nitrogen and oxygen atoms in total. The fourth-order valence-corrected chi connectivity index (χ4v) is 5.53. The van der Waals surface area contributed by atoms with E-state index in [4.69, 9.17) is 18.5 Å². The molecule has 0 aromatic rings. The Hall–Kier alpha value is -3.59. The average Bonchev–Trinajstić information content (AvgIpc) is 3.17. The minimum Gasteiger partial charge on any atom is -0.462 e. The van der Waals surface area contributed by atoms with Gasteiger partial charge in [0.2, 0.25) is 0 Å². The van der Waals surface area contributed by atoms with E-state index < -0.39 is 32.5 Å². The molecule has 0 aromatic heterocycles. The number of phosphoric ester groups is 1. The van der Waals surface area contributed by atoms with Crippen molar-refractivity contribution >= 4 is 19.8 Å². The number of likely N-dealkylation sites (N-methyl/N-ethyl adjacent to an activating group) is 1. The van der Waals surface area contributed by atoms with Gasteiger partial charge in [-0.15, -0.1) is 0 Å². The topological polar surface area (TPSA) is 108 Å². The predicted molar refractivity (Wildman–Crippen MR) is 242 cm³/mol. The summed E-state index contributed by atoms with van der Waals surface area (Å²) in [6, 6.07) is 0. The van der Waals surface area contributed by atoms with Crippen LogP contribution in [0, 0.1) is 0 Å². The van der Waals surface area contributed by atoms with Crippen molar-refractivity contribution in [1.29, 1.82) is 0 Å². The molecule has 0 aromatic carbocycles. The van der Waals surface area contributed by atoms with Gasteiger partial charge in [0.15, 0.2) is 6.10 Å². The van der Waals surface area contributed by atoms with Gasteiger partial charge < -0.3 is 18.9 Å². The largest absolute Gasteiger partial charge is 0.472 e. The Morgan fingerprint density at radius 1 is 0.552 bits per heavy atom. The molecule has 2 atom stereocenters. The second-order valence-corrected chi connectivity index (χ2v) is 16.2. The highest BCUT2D eigenvalue weighted by Crippen LogP contribution is 2.43. The molecule has 10 heteroatoms. The monoisotopic (exact) mass is 827 g/mol. The fraction of sp³-hybridized carbons (Fsp3) is 0.542. The van der Waals surface area contributed by atoms with Crippen molar-refractivity contribution in [2.24, 2.45) is 0 Å². The molecule has 0 aliphatic heterocycles. The SMILES string of the molecule is CC/C=C/C=C/C=C/C=C/CCCCCC(=O)OC(COC(=O)CCCC/C=C/C/C=C/C/C=C/C/C=C/C/C=C/C/C=C/CC)COP(=O)(O)OCC[N+](C)(C)C. The third-order valence-electron chi connectivity index (χ3n) is 8.08. The third-order valence-corrected chi connectivity index (χ3v) is 9.07. The Balaban J connectivity index is 4.52. The highest BCUT2D eigenvalue weighted by atomic mass is 31.2.